The van der Waals surface area contributed by atoms with Gasteiger partial charge in [-0.2, -0.15) is 0 Å². The molecule has 216 valence electrons. The van der Waals surface area contributed by atoms with Gasteiger partial charge in [0.1, 0.15) is 23.3 Å². The molecule has 4 heterocycles. The van der Waals surface area contributed by atoms with Gasteiger partial charge in [-0.3, -0.25) is 14.2 Å². The molecule has 1 aliphatic heterocycles. The Bertz CT molecular complexity index is 2020. The molecule has 3 aromatic heterocycles. The molecule has 0 saturated heterocycles. The zero-order valence-electron chi connectivity index (χ0n) is 23.3. The summed E-state index contributed by atoms with van der Waals surface area (Å²) in [5, 5.41) is 4.09. The Morgan fingerprint density at radius 1 is 1.05 bits per heavy atom. The lowest BCUT2D eigenvalue weighted by atomic mass is 9.94. The Morgan fingerprint density at radius 2 is 1.84 bits per heavy atom. The average molecular weight is 612 g/mol. The third-order valence-corrected chi connectivity index (χ3v) is 8.44. The fraction of sp³-hybridized carbons (Fsp3) is 0.129. The molecular weight excluding hydrogens is 587 g/mol. The van der Waals surface area contributed by atoms with Crippen molar-refractivity contribution in [3.05, 3.63) is 121 Å². The zero-order valence-corrected chi connectivity index (χ0v) is 24.9. The van der Waals surface area contributed by atoms with Gasteiger partial charge in [0.2, 0.25) is 0 Å². The number of hydrogen-bond donors (Lipinski definition) is 1. The number of methoxy groups -OCH3 is 2. The second kappa shape index (κ2) is 12.1. The molecule has 1 N–H and O–H groups in total. The summed E-state index contributed by atoms with van der Waals surface area (Å²) in [4.78, 5) is 41.4. The van der Waals surface area contributed by atoms with Crippen LogP contribution in [0.25, 0.3) is 6.08 Å². The number of amides is 1. The third kappa shape index (κ3) is 5.74. The number of rotatable bonds is 8. The molecule has 0 saturated carbocycles. The van der Waals surface area contributed by atoms with Crippen molar-refractivity contribution in [1.29, 1.82) is 0 Å². The fourth-order valence-corrected chi connectivity index (χ4v) is 6.40. The van der Waals surface area contributed by atoms with Crippen molar-refractivity contribution in [2.45, 2.75) is 23.2 Å². The van der Waals surface area contributed by atoms with Crippen molar-refractivity contribution >= 4 is 40.8 Å². The average Bonchev–Trinajstić information content (AvgIpc) is 3.59. The number of hydrogen-bond acceptors (Lipinski definition) is 10. The highest BCUT2D eigenvalue weighted by Gasteiger charge is 2.34. The Hall–Kier alpha value is -4.94. The maximum atomic E-state index is 14.1. The summed E-state index contributed by atoms with van der Waals surface area (Å²) in [6.45, 7) is 1.77. The van der Waals surface area contributed by atoms with Crippen LogP contribution in [-0.4, -0.2) is 34.7 Å². The van der Waals surface area contributed by atoms with E-state index in [0.717, 1.165) is 0 Å². The quantitative estimate of drug-likeness (QED) is 0.256. The van der Waals surface area contributed by atoms with E-state index in [1.807, 2.05) is 18.2 Å². The number of carbonyl (C=O) groups excluding carboxylic acids is 1. The summed E-state index contributed by atoms with van der Waals surface area (Å²) in [6, 6.07) is 18.9. The van der Waals surface area contributed by atoms with Crippen LogP contribution in [0.2, 0.25) is 0 Å². The van der Waals surface area contributed by atoms with Gasteiger partial charge in [0, 0.05) is 35.8 Å². The highest BCUT2D eigenvalue weighted by Crippen LogP contribution is 2.37. The van der Waals surface area contributed by atoms with Crippen LogP contribution in [0.4, 0.5) is 5.69 Å². The standard InChI is InChI=1S/C31H25N5O5S2/c1-18-26(28(37)35-19-8-5-4-6-9-19)27(22-12-10-20(39-2)16-23(22)40-3)36-29(38)24(42-31(36)34-18)17-21-11-13-25(41-21)43-30-32-14-7-15-33-30/h4-17,27H,1-3H3,(H,35,37)/b24-17+/t27-/m0/s1. The molecule has 1 atom stereocenters. The molecule has 10 nitrogen and oxygen atoms in total. The molecule has 0 radical (unpaired) electrons. The smallest absolute Gasteiger partial charge is 0.271 e. The van der Waals surface area contributed by atoms with Gasteiger partial charge in [-0.05, 0) is 61.2 Å². The molecule has 2 aromatic carbocycles. The summed E-state index contributed by atoms with van der Waals surface area (Å²) in [5.74, 6) is 1.16. The number of furan rings is 1. The van der Waals surface area contributed by atoms with Gasteiger partial charge in [-0.1, -0.05) is 29.5 Å². The number of allylic oxidation sites excluding steroid dienone is 1. The molecule has 5 aromatic rings. The van der Waals surface area contributed by atoms with Crippen LogP contribution >= 0.6 is 23.1 Å². The zero-order chi connectivity index (χ0) is 29.9. The van der Waals surface area contributed by atoms with Crippen LogP contribution < -0.4 is 29.7 Å². The number of nitrogens with one attached hydrogen (secondary N) is 1. The van der Waals surface area contributed by atoms with Gasteiger partial charge in [0.25, 0.3) is 11.5 Å². The van der Waals surface area contributed by atoms with Crippen molar-refractivity contribution in [1.82, 2.24) is 14.5 Å². The van der Waals surface area contributed by atoms with Crippen molar-refractivity contribution in [3.8, 4) is 11.5 Å². The van der Waals surface area contributed by atoms with E-state index in [-0.39, 0.29) is 11.5 Å². The first-order chi connectivity index (χ1) is 20.9. The van der Waals surface area contributed by atoms with Gasteiger partial charge >= 0.3 is 0 Å². The minimum Gasteiger partial charge on any atom is -0.497 e. The lowest BCUT2D eigenvalue weighted by molar-refractivity contribution is -0.113. The number of fused-ring (bicyclic) bond motifs is 1. The molecule has 0 fully saturated rings. The number of para-hydroxylation sites is 1. The summed E-state index contributed by atoms with van der Waals surface area (Å²) >= 11 is 2.49. The Morgan fingerprint density at radius 3 is 2.58 bits per heavy atom. The van der Waals surface area contributed by atoms with E-state index in [9.17, 15) is 9.59 Å². The minimum absolute atomic E-state index is 0.318. The lowest BCUT2D eigenvalue weighted by Crippen LogP contribution is -2.40. The van der Waals surface area contributed by atoms with Gasteiger partial charge in [0.05, 0.1) is 30.0 Å². The largest absolute Gasteiger partial charge is 0.497 e. The van der Waals surface area contributed by atoms with Gasteiger partial charge in [-0.25, -0.2) is 15.0 Å². The number of anilines is 1. The number of aromatic nitrogens is 3. The molecule has 0 spiro atoms. The van der Waals surface area contributed by atoms with E-state index in [1.165, 1.54) is 34.8 Å². The first-order valence-electron chi connectivity index (χ1n) is 13.1. The normalized spacial score (nSPS) is 14.7. The molecular formula is C31H25N5O5S2. The molecule has 12 heteroatoms. The van der Waals surface area contributed by atoms with Crippen molar-refractivity contribution < 1.29 is 18.7 Å². The summed E-state index contributed by atoms with van der Waals surface area (Å²) in [7, 11) is 3.10. The Labute approximate surface area is 254 Å². The lowest BCUT2D eigenvalue weighted by Gasteiger charge is -2.26. The van der Waals surface area contributed by atoms with Crippen molar-refractivity contribution in [2.24, 2.45) is 4.99 Å². The van der Waals surface area contributed by atoms with E-state index in [0.29, 0.717) is 59.4 Å². The van der Waals surface area contributed by atoms with Crippen LogP contribution in [-0.2, 0) is 4.79 Å². The first kappa shape index (κ1) is 28.2. The highest BCUT2D eigenvalue weighted by atomic mass is 32.2. The predicted octanol–water partition coefficient (Wildman–Crippen LogP) is 4.43. The second-order valence-corrected chi connectivity index (χ2v) is 11.3. The maximum Gasteiger partial charge on any atom is 0.271 e. The minimum atomic E-state index is -0.819. The SMILES string of the molecule is COc1ccc([C@H]2C(C(=O)Nc3ccccc3)=C(C)N=c3s/c(=C/c4ccc(Sc5ncccn5)o4)c(=O)n32)c(OC)c1. The van der Waals surface area contributed by atoms with E-state index < -0.39 is 6.04 Å². The van der Waals surface area contributed by atoms with Crippen LogP contribution in [0.1, 0.15) is 24.3 Å². The van der Waals surface area contributed by atoms with E-state index in [1.54, 1.807) is 81.0 Å². The first-order valence-corrected chi connectivity index (χ1v) is 14.7. The van der Waals surface area contributed by atoms with E-state index in [4.69, 9.17) is 18.9 Å². The van der Waals surface area contributed by atoms with E-state index in [2.05, 4.69) is 15.3 Å². The van der Waals surface area contributed by atoms with Crippen LogP contribution in [0.3, 0.4) is 0 Å². The highest BCUT2D eigenvalue weighted by molar-refractivity contribution is 7.99. The molecule has 0 aliphatic carbocycles. The van der Waals surface area contributed by atoms with Crippen LogP contribution in [0, 0.1) is 0 Å². The van der Waals surface area contributed by atoms with Crippen molar-refractivity contribution in [3.63, 3.8) is 0 Å². The summed E-state index contributed by atoms with van der Waals surface area (Å²) in [5.41, 5.74) is 1.73. The predicted molar refractivity (Wildman–Crippen MR) is 163 cm³/mol. The topological polar surface area (TPSA) is 121 Å². The molecule has 1 amide bonds. The molecule has 6 rings (SSSR count). The van der Waals surface area contributed by atoms with Crippen LogP contribution in [0.5, 0.6) is 11.5 Å². The van der Waals surface area contributed by atoms with Crippen LogP contribution in [0.15, 0.2) is 115 Å². The van der Waals surface area contributed by atoms with Gasteiger partial charge < -0.3 is 19.2 Å². The summed E-state index contributed by atoms with van der Waals surface area (Å²) in [6.07, 6.45) is 4.99. The van der Waals surface area contributed by atoms with Gasteiger partial charge in [-0.15, -0.1) is 0 Å². The second-order valence-electron chi connectivity index (χ2n) is 9.30. The molecule has 0 bridgehead atoms. The Kier molecular flexibility index (Phi) is 7.95. The Balaban J connectivity index is 1.46. The number of benzene rings is 2. The fourth-order valence-electron chi connectivity index (χ4n) is 4.69. The maximum absolute atomic E-state index is 14.1. The van der Waals surface area contributed by atoms with Gasteiger partial charge in [0.15, 0.2) is 15.1 Å². The number of thiazole rings is 1. The van der Waals surface area contributed by atoms with E-state index >= 15 is 0 Å². The third-order valence-electron chi connectivity index (χ3n) is 6.64. The summed E-state index contributed by atoms with van der Waals surface area (Å²) < 4.78 is 19.0. The molecule has 43 heavy (non-hydrogen) atoms. The number of ether oxygens (including phenoxy) is 2. The van der Waals surface area contributed by atoms with Crippen molar-refractivity contribution in [2.75, 3.05) is 19.5 Å². The molecule has 1 aliphatic rings. The number of carbonyl (C=O) groups is 1. The molecule has 0 unspecified atom stereocenters. The number of nitrogens with zero attached hydrogens (tertiary/aromatic N) is 4. The monoisotopic (exact) mass is 611 g/mol.